The van der Waals surface area contributed by atoms with Crippen molar-refractivity contribution in [2.75, 3.05) is 19.6 Å². The summed E-state index contributed by atoms with van der Waals surface area (Å²) >= 11 is 1.51. The number of hydrogen-bond donors (Lipinski definition) is 1. The molecule has 0 saturated heterocycles. The van der Waals surface area contributed by atoms with Crippen molar-refractivity contribution in [3.8, 4) is 0 Å². The number of aryl methyl sites for hydroxylation is 3. The van der Waals surface area contributed by atoms with Crippen LogP contribution in [-0.2, 0) is 16.1 Å². The van der Waals surface area contributed by atoms with E-state index in [1.165, 1.54) is 22.2 Å². The Kier molecular flexibility index (Phi) is 7.53. The zero-order valence-electron chi connectivity index (χ0n) is 16.5. The molecule has 0 saturated carbocycles. The first-order valence-electron chi connectivity index (χ1n) is 9.38. The average molecular weight is 393 g/mol. The molecule has 0 spiro atoms. The lowest BCUT2D eigenvalue weighted by Gasteiger charge is -2.21. The molecule has 2 amide bonds. The van der Waals surface area contributed by atoms with Crippen LogP contribution in [0.2, 0.25) is 0 Å². The van der Waals surface area contributed by atoms with Crippen LogP contribution in [0.25, 0.3) is 10.2 Å². The van der Waals surface area contributed by atoms with Crippen LogP contribution in [0.4, 0.5) is 0 Å². The molecule has 8 heteroatoms. The van der Waals surface area contributed by atoms with Crippen LogP contribution in [0.3, 0.4) is 0 Å². The molecule has 0 unspecified atom stereocenters. The van der Waals surface area contributed by atoms with Gasteiger partial charge in [0.2, 0.25) is 11.8 Å². The molecule has 27 heavy (non-hydrogen) atoms. The van der Waals surface area contributed by atoms with Gasteiger partial charge in [0, 0.05) is 30.9 Å². The van der Waals surface area contributed by atoms with Crippen molar-refractivity contribution in [3.63, 3.8) is 0 Å². The highest BCUT2D eigenvalue weighted by Crippen LogP contribution is 2.25. The van der Waals surface area contributed by atoms with Crippen molar-refractivity contribution in [1.82, 2.24) is 19.8 Å². The molecule has 0 bridgehead atoms. The molecule has 7 nitrogen and oxygen atoms in total. The number of aromatic nitrogens is 2. The van der Waals surface area contributed by atoms with Gasteiger partial charge in [-0.25, -0.2) is 4.98 Å². The number of amides is 2. The maximum absolute atomic E-state index is 12.7. The number of nitrogens with one attached hydrogen (secondary N) is 1. The summed E-state index contributed by atoms with van der Waals surface area (Å²) in [6.07, 6.45) is 3.29. The van der Waals surface area contributed by atoms with Crippen LogP contribution >= 0.6 is 11.3 Å². The van der Waals surface area contributed by atoms with E-state index in [4.69, 9.17) is 0 Å². The topological polar surface area (TPSA) is 84.3 Å². The van der Waals surface area contributed by atoms with Gasteiger partial charge >= 0.3 is 0 Å². The van der Waals surface area contributed by atoms with Crippen LogP contribution in [-0.4, -0.2) is 45.9 Å². The van der Waals surface area contributed by atoms with E-state index in [1.54, 1.807) is 4.90 Å². The monoisotopic (exact) mass is 392 g/mol. The fraction of sp³-hybridized carbons (Fsp3) is 0.579. The minimum Gasteiger partial charge on any atom is -0.355 e. The summed E-state index contributed by atoms with van der Waals surface area (Å²) in [5.41, 5.74) is 0.839. The molecule has 2 aromatic rings. The number of fused-ring (bicyclic) bond motifs is 1. The first-order chi connectivity index (χ1) is 12.9. The summed E-state index contributed by atoms with van der Waals surface area (Å²) in [5.74, 6) is -0.281. The van der Waals surface area contributed by atoms with Crippen molar-refractivity contribution < 1.29 is 9.59 Å². The fourth-order valence-corrected chi connectivity index (χ4v) is 3.85. The van der Waals surface area contributed by atoms with Crippen molar-refractivity contribution in [1.29, 1.82) is 0 Å². The van der Waals surface area contributed by atoms with Crippen molar-refractivity contribution >= 4 is 33.4 Å². The van der Waals surface area contributed by atoms with Gasteiger partial charge in [0.25, 0.3) is 5.56 Å². The van der Waals surface area contributed by atoms with Gasteiger partial charge in [-0.2, -0.15) is 0 Å². The van der Waals surface area contributed by atoms with Crippen LogP contribution in [0.15, 0.2) is 11.1 Å². The minimum absolute atomic E-state index is 0.0572. The van der Waals surface area contributed by atoms with Gasteiger partial charge in [0.15, 0.2) is 0 Å². The van der Waals surface area contributed by atoms with Crippen molar-refractivity contribution in [2.45, 2.75) is 53.5 Å². The Morgan fingerprint density at radius 2 is 2.00 bits per heavy atom. The zero-order chi connectivity index (χ0) is 20.0. The molecule has 0 radical (unpaired) electrons. The molecule has 0 atom stereocenters. The Bertz CT molecular complexity index is 872. The van der Waals surface area contributed by atoms with Crippen LogP contribution in [0, 0.1) is 13.8 Å². The highest BCUT2D eigenvalue weighted by atomic mass is 32.1. The molecule has 0 fully saturated rings. The first kappa shape index (κ1) is 21.1. The lowest BCUT2D eigenvalue weighted by atomic mass is 10.2. The van der Waals surface area contributed by atoms with E-state index < -0.39 is 0 Å². The Labute approximate surface area is 163 Å². The van der Waals surface area contributed by atoms with Gasteiger partial charge in [-0.3, -0.25) is 19.0 Å². The van der Waals surface area contributed by atoms with E-state index in [0.717, 1.165) is 28.1 Å². The summed E-state index contributed by atoms with van der Waals surface area (Å²) < 4.78 is 1.49. The summed E-state index contributed by atoms with van der Waals surface area (Å²) in [6.45, 7) is 9.28. The molecule has 0 aromatic carbocycles. The van der Waals surface area contributed by atoms with Crippen LogP contribution in [0.1, 0.15) is 43.6 Å². The molecule has 0 aliphatic rings. The standard InChI is InChI=1S/C19H28N4O3S/c1-5-8-20-15(24)11-22(9-6-2)16(25)7-10-23-12-21-18-17(19(23)26)13(3)14(4)27-18/h12H,5-11H2,1-4H3,(H,20,24). The predicted molar refractivity (Wildman–Crippen MR) is 108 cm³/mol. The second-order valence-corrected chi connectivity index (χ2v) is 7.82. The summed E-state index contributed by atoms with van der Waals surface area (Å²) in [7, 11) is 0. The molecule has 0 aliphatic carbocycles. The SMILES string of the molecule is CCCNC(=O)CN(CCC)C(=O)CCn1cnc2sc(C)c(C)c2c1=O. The highest BCUT2D eigenvalue weighted by molar-refractivity contribution is 7.18. The van der Waals surface area contributed by atoms with Crippen LogP contribution in [0.5, 0.6) is 0 Å². The molecule has 2 heterocycles. The molecule has 2 rings (SSSR count). The molecule has 2 aromatic heterocycles. The Morgan fingerprint density at radius 3 is 2.67 bits per heavy atom. The minimum atomic E-state index is -0.150. The number of thiophene rings is 1. The Balaban J connectivity index is 2.07. The second kappa shape index (κ2) is 9.64. The maximum Gasteiger partial charge on any atom is 0.262 e. The highest BCUT2D eigenvalue weighted by Gasteiger charge is 2.17. The normalized spacial score (nSPS) is 11.0. The Hall–Kier alpha value is -2.22. The van der Waals surface area contributed by atoms with Crippen molar-refractivity contribution in [2.24, 2.45) is 0 Å². The van der Waals surface area contributed by atoms with Gasteiger partial charge in [-0.05, 0) is 32.3 Å². The molecular weight excluding hydrogens is 364 g/mol. The number of nitrogens with zero attached hydrogens (tertiary/aromatic N) is 3. The molecular formula is C19H28N4O3S. The third kappa shape index (κ3) is 5.15. The predicted octanol–water partition coefficient (Wildman–Crippen LogP) is 2.23. The van der Waals surface area contributed by atoms with Gasteiger partial charge in [0.05, 0.1) is 18.3 Å². The summed E-state index contributed by atoms with van der Waals surface area (Å²) in [5, 5.41) is 3.43. The Morgan fingerprint density at radius 1 is 1.26 bits per heavy atom. The van der Waals surface area contributed by atoms with E-state index in [2.05, 4.69) is 10.3 Å². The lowest BCUT2D eigenvalue weighted by molar-refractivity contribution is -0.136. The van der Waals surface area contributed by atoms with E-state index >= 15 is 0 Å². The molecule has 1 N–H and O–H groups in total. The fourth-order valence-electron chi connectivity index (χ4n) is 2.86. The number of carbonyl (C=O) groups is 2. The van der Waals surface area contributed by atoms with Crippen molar-refractivity contribution in [3.05, 3.63) is 27.1 Å². The summed E-state index contributed by atoms with van der Waals surface area (Å²) in [6, 6.07) is 0. The number of carbonyl (C=O) groups excluding carboxylic acids is 2. The van der Waals surface area contributed by atoms with Crippen LogP contribution < -0.4 is 10.9 Å². The third-order valence-corrected chi connectivity index (χ3v) is 5.59. The maximum atomic E-state index is 12.7. The summed E-state index contributed by atoms with van der Waals surface area (Å²) in [4.78, 5) is 44.9. The average Bonchev–Trinajstić information content (AvgIpc) is 2.93. The van der Waals surface area contributed by atoms with Gasteiger partial charge < -0.3 is 10.2 Å². The van der Waals surface area contributed by atoms with E-state index in [-0.39, 0.29) is 36.9 Å². The van der Waals surface area contributed by atoms with E-state index in [0.29, 0.717) is 18.5 Å². The quantitative estimate of drug-likeness (QED) is 0.709. The lowest BCUT2D eigenvalue weighted by Crippen LogP contribution is -2.41. The van der Waals surface area contributed by atoms with Gasteiger partial charge in [-0.1, -0.05) is 13.8 Å². The number of rotatable bonds is 9. The van der Waals surface area contributed by atoms with E-state index in [9.17, 15) is 14.4 Å². The largest absolute Gasteiger partial charge is 0.355 e. The third-order valence-electron chi connectivity index (χ3n) is 4.48. The second-order valence-electron chi connectivity index (χ2n) is 6.62. The molecule has 148 valence electrons. The first-order valence-corrected chi connectivity index (χ1v) is 10.2. The zero-order valence-corrected chi connectivity index (χ0v) is 17.3. The van der Waals surface area contributed by atoms with Gasteiger partial charge in [-0.15, -0.1) is 11.3 Å². The van der Waals surface area contributed by atoms with E-state index in [1.807, 2.05) is 27.7 Å². The van der Waals surface area contributed by atoms with Gasteiger partial charge in [0.1, 0.15) is 4.83 Å². The smallest absolute Gasteiger partial charge is 0.262 e. The number of hydrogen-bond acceptors (Lipinski definition) is 5. The molecule has 0 aliphatic heterocycles.